The highest BCUT2D eigenvalue weighted by Crippen LogP contribution is 2.31. The van der Waals surface area contributed by atoms with Crippen LogP contribution in [-0.4, -0.2) is 14.2 Å². The number of fused-ring (bicyclic) bond motifs is 1. The summed E-state index contributed by atoms with van der Waals surface area (Å²) in [6.07, 6.45) is 8.77. The first-order valence-electron chi connectivity index (χ1n) is 4.42. The van der Waals surface area contributed by atoms with Crippen LogP contribution in [-0.2, 0) is 6.54 Å². The van der Waals surface area contributed by atoms with Crippen LogP contribution in [0.25, 0.3) is 5.65 Å². The molecule has 1 aliphatic rings. The second kappa shape index (κ2) is 2.12. The van der Waals surface area contributed by atoms with Gasteiger partial charge in [0, 0.05) is 25.0 Å². The number of hydrogen-bond acceptors (Lipinski definition) is 1. The summed E-state index contributed by atoms with van der Waals surface area (Å²) in [5.41, 5.74) is 1.21. The molecule has 0 N–H and O–H groups in total. The van der Waals surface area contributed by atoms with Crippen molar-refractivity contribution in [2.75, 3.05) is 0 Å². The Hall–Kier alpha value is -1.25. The van der Waals surface area contributed by atoms with Gasteiger partial charge in [0.25, 0.3) is 0 Å². The molecule has 1 saturated carbocycles. The van der Waals surface area contributed by atoms with Gasteiger partial charge in [-0.3, -0.25) is 0 Å². The molecule has 62 valence electrons. The third-order valence-electron chi connectivity index (χ3n) is 2.48. The van der Waals surface area contributed by atoms with Crippen LogP contribution in [0.5, 0.6) is 0 Å². The molecule has 2 heterocycles. The Morgan fingerprint density at radius 1 is 1.42 bits per heavy atom. The van der Waals surface area contributed by atoms with E-state index >= 15 is 0 Å². The first-order valence-corrected chi connectivity index (χ1v) is 4.42. The van der Waals surface area contributed by atoms with E-state index in [0.29, 0.717) is 0 Å². The van der Waals surface area contributed by atoms with Crippen LogP contribution in [0.15, 0.2) is 24.7 Å². The first-order chi connectivity index (χ1) is 5.93. The van der Waals surface area contributed by atoms with Crippen LogP contribution in [0.2, 0.25) is 0 Å². The molecule has 12 heavy (non-hydrogen) atoms. The first kappa shape index (κ1) is 6.29. The molecular weight excluding hydrogens is 150 g/mol. The van der Waals surface area contributed by atoms with Crippen LogP contribution >= 0.6 is 0 Å². The van der Waals surface area contributed by atoms with Gasteiger partial charge in [0.15, 0.2) is 0 Å². The molecule has 2 aromatic rings. The lowest BCUT2D eigenvalue weighted by atomic mass is 10.4. The fourth-order valence-corrected chi connectivity index (χ4v) is 1.60. The maximum absolute atomic E-state index is 4.16. The van der Waals surface area contributed by atoms with Crippen LogP contribution in [0, 0.1) is 5.92 Å². The highest BCUT2D eigenvalue weighted by Gasteiger charge is 2.22. The molecular formula is C9H11N3. The van der Waals surface area contributed by atoms with E-state index in [1.807, 2.05) is 16.9 Å². The van der Waals surface area contributed by atoms with Crippen molar-refractivity contribution in [3.05, 3.63) is 24.7 Å². The smallest absolute Gasteiger partial charge is 0.135 e. The molecule has 3 rings (SSSR count). The van der Waals surface area contributed by atoms with Gasteiger partial charge >= 0.3 is 0 Å². The Bertz CT molecular complexity index is 394. The Morgan fingerprint density at radius 3 is 3.17 bits per heavy atom. The molecule has 0 aliphatic heterocycles. The topological polar surface area (TPSA) is 22.2 Å². The zero-order chi connectivity index (χ0) is 7.97. The van der Waals surface area contributed by atoms with Gasteiger partial charge in [-0.1, -0.05) is 0 Å². The Morgan fingerprint density at radius 2 is 2.33 bits per heavy atom. The van der Waals surface area contributed by atoms with E-state index in [0.717, 1.165) is 5.92 Å². The number of imidazole rings is 1. The molecule has 0 spiro atoms. The second-order valence-corrected chi connectivity index (χ2v) is 3.53. The average molecular weight is 161 g/mol. The fraction of sp³-hybridized carbons (Fsp3) is 0.444. The maximum atomic E-state index is 4.16. The lowest BCUT2D eigenvalue weighted by molar-refractivity contribution is 0.644. The van der Waals surface area contributed by atoms with Crippen molar-refractivity contribution in [2.24, 2.45) is 5.92 Å². The third kappa shape index (κ3) is 0.858. The summed E-state index contributed by atoms with van der Waals surface area (Å²) in [4.78, 5) is 0. The second-order valence-electron chi connectivity index (χ2n) is 3.53. The average Bonchev–Trinajstić information content (AvgIpc) is 2.63. The molecule has 3 nitrogen and oxygen atoms in total. The van der Waals surface area contributed by atoms with Gasteiger partial charge in [0.2, 0.25) is 0 Å². The predicted molar refractivity (Wildman–Crippen MR) is 45.9 cm³/mol. The van der Waals surface area contributed by atoms with Crippen LogP contribution in [0.4, 0.5) is 0 Å². The highest BCUT2D eigenvalue weighted by atomic mass is 15.3. The monoisotopic (exact) mass is 161 g/mol. The Labute approximate surface area is 70.6 Å². The molecule has 0 unspecified atom stereocenters. The minimum absolute atomic E-state index is 0.927. The summed E-state index contributed by atoms with van der Waals surface area (Å²) in [5.74, 6) is 0.927. The van der Waals surface area contributed by atoms with Gasteiger partial charge in [0.1, 0.15) is 5.65 Å². The van der Waals surface area contributed by atoms with Crippen molar-refractivity contribution < 1.29 is 0 Å². The lowest BCUT2D eigenvalue weighted by Gasteiger charge is -1.99. The summed E-state index contributed by atoms with van der Waals surface area (Å²) >= 11 is 0. The number of nitrogens with zero attached hydrogens (tertiary/aromatic N) is 3. The van der Waals surface area contributed by atoms with Gasteiger partial charge in [-0.15, -0.1) is 0 Å². The van der Waals surface area contributed by atoms with Crippen LogP contribution in [0.3, 0.4) is 0 Å². The van der Waals surface area contributed by atoms with Gasteiger partial charge in [0.05, 0.1) is 6.20 Å². The fourth-order valence-electron chi connectivity index (χ4n) is 1.60. The summed E-state index contributed by atoms with van der Waals surface area (Å²) in [6, 6.07) is 2.06. The Kier molecular flexibility index (Phi) is 1.11. The molecule has 3 heteroatoms. The van der Waals surface area contributed by atoms with E-state index in [2.05, 4.69) is 21.9 Å². The van der Waals surface area contributed by atoms with Gasteiger partial charge in [-0.25, -0.2) is 4.52 Å². The highest BCUT2D eigenvalue weighted by molar-refractivity contribution is 5.37. The minimum Gasteiger partial charge on any atom is -0.331 e. The van der Waals surface area contributed by atoms with Crippen molar-refractivity contribution in [1.82, 2.24) is 14.2 Å². The molecule has 0 radical (unpaired) electrons. The van der Waals surface area contributed by atoms with Crippen molar-refractivity contribution >= 4 is 5.65 Å². The zero-order valence-corrected chi connectivity index (χ0v) is 6.85. The summed E-state index contributed by atoms with van der Waals surface area (Å²) in [5, 5.41) is 4.16. The number of aromatic nitrogens is 3. The number of rotatable bonds is 2. The summed E-state index contributed by atoms with van der Waals surface area (Å²) in [6.45, 7) is 1.17. The van der Waals surface area contributed by atoms with E-state index in [9.17, 15) is 0 Å². The van der Waals surface area contributed by atoms with E-state index < -0.39 is 0 Å². The number of hydrogen-bond donors (Lipinski definition) is 0. The minimum atomic E-state index is 0.927. The van der Waals surface area contributed by atoms with Crippen LogP contribution in [0.1, 0.15) is 12.8 Å². The maximum Gasteiger partial charge on any atom is 0.135 e. The van der Waals surface area contributed by atoms with Crippen molar-refractivity contribution in [3.63, 3.8) is 0 Å². The van der Waals surface area contributed by atoms with Gasteiger partial charge in [-0.05, 0) is 18.8 Å². The normalized spacial score (nSPS) is 17.3. The molecule has 0 saturated heterocycles. The molecule has 1 aliphatic carbocycles. The van der Waals surface area contributed by atoms with E-state index in [4.69, 9.17) is 0 Å². The third-order valence-corrected chi connectivity index (χ3v) is 2.48. The Balaban J connectivity index is 2.04. The van der Waals surface area contributed by atoms with E-state index in [-0.39, 0.29) is 0 Å². The molecule has 0 aromatic carbocycles. The van der Waals surface area contributed by atoms with Gasteiger partial charge in [-0.2, -0.15) is 5.10 Å². The molecule has 1 fully saturated rings. The molecule has 2 aromatic heterocycles. The van der Waals surface area contributed by atoms with Gasteiger partial charge < -0.3 is 4.57 Å². The largest absolute Gasteiger partial charge is 0.331 e. The molecule has 0 amide bonds. The van der Waals surface area contributed by atoms with E-state index in [1.165, 1.54) is 25.0 Å². The SMILES string of the molecule is c1cc2n(CC3CC3)ccn2n1. The summed E-state index contributed by atoms with van der Waals surface area (Å²) in [7, 11) is 0. The van der Waals surface area contributed by atoms with E-state index in [1.54, 1.807) is 0 Å². The predicted octanol–water partition coefficient (Wildman–Crippen LogP) is 1.55. The molecule has 0 bridgehead atoms. The van der Waals surface area contributed by atoms with Crippen molar-refractivity contribution in [3.8, 4) is 0 Å². The van der Waals surface area contributed by atoms with Crippen molar-refractivity contribution in [1.29, 1.82) is 0 Å². The zero-order valence-electron chi connectivity index (χ0n) is 6.85. The van der Waals surface area contributed by atoms with Crippen LogP contribution < -0.4 is 0 Å². The quantitative estimate of drug-likeness (QED) is 0.655. The van der Waals surface area contributed by atoms with Crippen molar-refractivity contribution in [2.45, 2.75) is 19.4 Å². The standard InChI is InChI=1S/C9H11N3/c1-2-8(1)7-11-5-6-12-9(11)3-4-10-12/h3-6,8H,1-2,7H2. The lowest BCUT2D eigenvalue weighted by Crippen LogP contribution is -1.97. The molecule has 0 atom stereocenters. The summed E-state index contributed by atoms with van der Waals surface area (Å²) < 4.78 is 4.20.